The van der Waals surface area contributed by atoms with Crippen LogP contribution in [0, 0.1) is 11.8 Å². The molecular weight excluding hydrogens is 467 g/mol. The summed E-state index contributed by atoms with van der Waals surface area (Å²) in [6, 6.07) is 18.1. The van der Waals surface area contributed by atoms with Gasteiger partial charge in [-0.1, -0.05) is 42.5 Å². The summed E-state index contributed by atoms with van der Waals surface area (Å²) in [5.74, 6) is 0.456. The third kappa shape index (κ3) is 7.20. The van der Waals surface area contributed by atoms with Crippen LogP contribution in [-0.4, -0.2) is 47.8 Å². The van der Waals surface area contributed by atoms with Crippen molar-refractivity contribution < 1.29 is 54.0 Å². The molecule has 1 fully saturated rings. The van der Waals surface area contributed by atoms with Crippen molar-refractivity contribution in [2.45, 2.75) is 38.6 Å². The molecular formula is C28H33N2NaO5. The molecule has 36 heavy (non-hydrogen) atoms. The SMILES string of the molecule is COc1cccc(-c2c(-c3ccccc3)nn(CC3CCC(COCC(=O)[O-])CC3)c2CCO)c1.[Na+]. The third-order valence-electron chi connectivity index (χ3n) is 6.78. The van der Waals surface area contributed by atoms with Crippen LogP contribution in [0.2, 0.25) is 0 Å². The van der Waals surface area contributed by atoms with Gasteiger partial charge in [0, 0.05) is 43.0 Å². The molecule has 1 heterocycles. The number of benzene rings is 2. The van der Waals surface area contributed by atoms with E-state index in [1.54, 1.807) is 7.11 Å². The van der Waals surface area contributed by atoms with Gasteiger partial charge in [0.25, 0.3) is 0 Å². The van der Waals surface area contributed by atoms with Crippen molar-refractivity contribution in [3.05, 3.63) is 60.3 Å². The van der Waals surface area contributed by atoms with Gasteiger partial charge in [0.2, 0.25) is 0 Å². The number of ether oxygens (including phenoxy) is 2. The average molecular weight is 501 g/mol. The van der Waals surface area contributed by atoms with Gasteiger partial charge in [0.05, 0.1) is 19.7 Å². The monoisotopic (exact) mass is 500 g/mol. The van der Waals surface area contributed by atoms with Crippen molar-refractivity contribution in [2.75, 3.05) is 26.9 Å². The number of hydrogen-bond acceptors (Lipinski definition) is 6. The number of carboxylic acids is 1. The number of rotatable bonds is 11. The summed E-state index contributed by atoms with van der Waals surface area (Å²) in [6.07, 6.45) is 4.59. The Hall–Kier alpha value is -2.16. The number of aliphatic carboxylic acids is 1. The van der Waals surface area contributed by atoms with E-state index in [9.17, 15) is 15.0 Å². The summed E-state index contributed by atoms with van der Waals surface area (Å²) in [7, 11) is 1.66. The van der Waals surface area contributed by atoms with E-state index in [0.717, 1.165) is 66.1 Å². The summed E-state index contributed by atoms with van der Waals surface area (Å²) in [5.41, 5.74) is 5.03. The smallest absolute Gasteiger partial charge is 0.548 e. The van der Waals surface area contributed by atoms with Gasteiger partial charge in [-0.25, -0.2) is 0 Å². The molecule has 0 atom stereocenters. The van der Waals surface area contributed by atoms with E-state index >= 15 is 0 Å². The van der Waals surface area contributed by atoms with Crippen molar-refractivity contribution in [3.63, 3.8) is 0 Å². The molecule has 1 aliphatic carbocycles. The number of aromatic nitrogens is 2. The molecule has 0 amide bonds. The van der Waals surface area contributed by atoms with Gasteiger partial charge in [-0.15, -0.1) is 0 Å². The maximum absolute atomic E-state index is 10.6. The summed E-state index contributed by atoms with van der Waals surface area (Å²) in [6.45, 7) is 0.953. The van der Waals surface area contributed by atoms with Crippen molar-refractivity contribution in [1.29, 1.82) is 0 Å². The van der Waals surface area contributed by atoms with Crippen LogP contribution in [0.1, 0.15) is 31.4 Å². The van der Waals surface area contributed by atoms with Crippen molar-refractivity contribution in [3.8, 4) is 28.1 Å². The molecule has 1 saturated carbocycles. The fraction of sp³-hybridized carbons (Fsp3) is 0.429. The number of aliphatic hydroxyl groups is 1. The second-order valence-corrected chi connectivity index (χ2v) is 9.20. The Kier molecular flexibility index (Phi) is 11.0. The largest absolute Gasteiger partial charge is 1.00 e. The van der Waals surface area contributed by atoms with Crippen LogP contribution in [-0.2, 0) is 22.5 Å². The van der Waals surface area contributed by atoms with Gasteiger partial charge < -0.3 is 24.5 Å². The molecule has 0 aliphatic heterocycles. The number of nitrogens with zero attached hydrogens (tertiary/aromatic N) is 2. The van der Waals surface area contributed by atoms with Crippen molar-refractivity contribution in [2.24, 2.45) is 11.8 Å². The molecule has 4 rings (SSSR count). The van der Waals surface area contributed by atoms with Gasteiger partial charge in [0.1, 0.15) is 11.4 Å². The van der Waals surface area contributed by atoms with Gasteiger partial charge in [-0.2, -0.15) is 5.10 Å². The van der Waals surface area contributed by atoms with Crippen LogP contribution in [0.25, 0.3) is 22.4 Å². The number of hydrogen-bond donors (Lipinski definition) is 1. The molecule has 3 aromatic rings. The van der Waals surface area contributed by atoms with E-state index in [4.69, 9.17) is 14.6 Å². The molecule has 7 nitrogen and oxygen atoms in total. The van der Waals surface area contributed by atoms with Gasteiger partial charge in [0.15, 0.2) is 0 Å². The minimum absolute atomic E-state index is 0. The molecule has 0 radical (unpaired) electrons. The van der Waals surface area contributed by atoms with E-state index in [1.165, 1.54) is 0 Å². The summed E-state index contributed by atoms with van der Waals surface area (Å²) >= 11 is 0. The molecule has 2 aromatic carbocycles. The number of carboxylic acid groups (broad SMARTS) is 1. The number of carbonyl (C=O) groups excluding carboxylic acids is 1. The minimum Gasteiger partial charge on any atom is -0.548 e. The topological polar surface area (TPSA) is 96.6 Å². The van der Waals surface area contributed by atoms with Crippen LogP contribution in [0.15, 0.2) is 54.6 Å². The van der Waals surface area contributed by atoms with Crippen LogP contribution in [0.4, 0.5) is 0 Å². The Morgan fingerprint density at radius 3 is 2.42 bits per heavy atom. The molecule has 1 N–H and O–H groups in total. The number of methoxy groups -OCH3 is 1. The number of carbonyl (C=O) groups is 1. The van der Waals surface area contributed by atoms with E-state index in [1.807, 2.05) is 36.4 Å². The minimum atomic E-state index is -1.17. The predicted molar refractivity (Wildman–Crippen MR) is 132 cm³/mol. The second-order valence-electron chi connectivity index (χ2n) is 9.20. The first-order chi connectivity index (χ1) is 17.1. The maximum atomic E-state index is 10.6. The van der Waals surface area contributed by atoms with Gasteiger partial charge >= 0.3 is 29.6 Å². The molecule has 1 aliphatic rings. The first-order valence-corrected chi connectivity index (χ1v) is 12.3. The third-order valence-corrected chi connectivity index (χ3v) is 6.78. The molecule has 0 spiro atoms. The normalized spacial score (nSPS) is 17.4. The Labute approximate surface area is 234 Å². The first-order valence-electron chi connectivity index (χ1n) is 12.3. The Balaban J connectivity index is 0.00000361. The standard InChI is InChI=1S/C28H34N2O5.Na/c1-34-24-9-5-8-23(16-24)27-25(14-15-31)30(29-28(27)22-6-3-2-4-7-22)17-20-10-12-21(13-11-20)18-35-19-26(32)33;/h2-9,16,20-21,31H,10-15,17-19H2,1H3,(H,32,33);/q;+1/p-1. The predicted octanol–water partition coefficient (Wildman–Crippen LogP) is 0.337. The molecule has 0 bridgehead atoms. The molecule has 1 aromatic heterocycles. The van der Waals surface area contributed by atoms with E-state index in [0.29, 0.717) is 24.9 Å². The Bertz CT molecular complexity index is 1110. The first kappa shape index (κ1) is 28.4. The fourth-order valence-corrected chi connectivity index (χ4v) is 5.02. The van der Waals surface area contributed by atoms with Crippen LogP contribution in [0.5, 0.6) is 5.75 Å². The zero-order valence-corrected chi connectivity index (χ0v) is 23.2. The van der Waals surface area contributed by atoms with E-state index in [-0.39, 0.29) is 42.8 Å². The van der Waals surface area contributed by atoms with Crippen LogP contribution < -0.4 is 39.4 Å². The van der Waals surface area contributed by atoms with Crippen LogP contribution in [0.3, 0.4) is 0 Å². The summed E-state index contributed by atoms with van der Waals surface area (Å²) in [4.78, 5) is 10.6. The van der Waals surface area contributed by atoms with Crippen LogP contribution >= 0.6 is 0 Å². The zero-order chi connectivity index (χ0) is 24.6. The van der Waals surface area contributed by atoms with Crippen molar-refractivity contribution in [1.82, 2.24) is 9.78 Å². The van der Waals surface area contributed by atoms with E-state index < -0.39 is 5.97 Å². The zero-order valence-electron chi connectivity index (χ0n) is 21.2. The quantitative estimate of drug-likeness (QED) is 0.382. The second kappa shape index (κ2) is 14.0. The molecule has 8 heteroatoms. The molecule has 0 saturated heterocycles. The van der Waals surface area contributed by atoms with Gasteiger partial charge in [-0.3, -0.25) is 4.68 Å². The van der Waals surface area contributed by atoms with Crippen molar-refractivity contribution >= 4 is 5.97 Å². The fourth-order valence-electron chi connectivity index (χ4n) is 5.02. The average Bonchev–Trinajstić information content (AvgIpc) is 3.23. The Morgan fingerprint density at radius 2 is 1.75 bits per heavy atom. The Morgan fingerprint density at radius 1 is 1.06 bits per heavy atom. The summed E-state index contributed by atoms with van der Waals surface area (Å²) < 4.78 is 12.8. The van der Waals surface area contributed by atoms with E-state index in [2.05, 4.69) is 22.9 Å². The molecule has 186 valence electrons. The maximum Gasteiger partial charge on any atom is 1.00 e. The number of aliphatic hydroxyl groups excluding tert-OH is 1. The summed E-state index contributed by atoms with van der Waals surface area (Å²) in [5, 5.41) is 25.6. The molecule has 0 unspecified atom stereocenters. The van der Waals surface area contributed by atoms with Gasteiger partial charge in [-0.05, 0) is 55.2 Å².